The molecule has 1 nitrogen and oxygen atoms in total. The number of fused-ring (bicyclic) bond motifs is 1. The first-order valence-electron chi connectivity index (χ1n) is 8.15. The fourth-order valence-electron chi connectivity index (χ4n) is 3.51. The second-order valence-electron chi connectivity index (χ2n) is 6.21. The van der Waals surface area contributed by atoms with Gasteiger partial charge in [-0.15, -0.1) is 0 Å². The average Bonchev–Trinajstić information content (AvgIpc) is 2.54. The number of hydrogen-bond donors (Lipinski definition) is 0. The Hall–Kier alpha value is -1.60. The summed E-state index contributed by atoms with van der Waals surface area (Å²) < 4.78 is 0. The van der Waals surface area contributed by atoms with E-state index in [4.69, 9.17) is 0 Å². The summed E-state index contributed by atoms with van der Waals surface area (Å²) >= 11 is 0. The van der Waals surface area contributed by atoms with Gasteiger partial charge in [0.15, 0.2) is 0 Å². The van der Waals surface area contributed by atoms with Crippen LogP contribution in [-0.4, -0.2) is 18.0 Å². The predicted molar refractivity (Wildman–Crippen MR) is 89.7 cm³/mol. The van der Waals surface area contributed by atoms with Crippen LogP contribution >= 0.6 is 0 Å². The van der Waals surface area contributed by atoms with E-state index in [1.807, 2.05) is 0 Å². The number of rotatable bonds is 4. The van der Waals surface area contributed by atoms with Gasteiger partial charge in [-0.1, -0.05) is 62.4 Å². The van der Waals surface area contributed by atoms with E-state index in [1.54, 1.807) is 16.7 Å². The third-order valence-electron chi connectivity index (χ3n) is 4.72. The summed E-state index contributed by atoms with van der Waals surface area (Å²) in [6.45, 7) is 8.06. The van der Waals surface area contributed by atoms with Crippen molar-refractivity contribution in [2.45, 2.75) is 39.2 Å². The Morgan fingerprint density at radius 3 is 2.62 bits per heavy atom. The Kier molecular flexibility index (Phi) is 4.40. The molecular formula is C20H25N. The molecule has 1 heterocycles. The minimum Gasteiger partial charge on any atom is -0.298 e. The highest BCUT2D eigenvalue weighted by molar-refractivity contribution is 5.37. The summed E-state index contributed by atoms with van der Waals surface area (Å²) in [7, 11) is 0. The molecule has 0 saturated heterocycles. The fraction of sp³-hybridized carbons (Fsp3) is 0.400. The van der Waals surface area contributed by atoms with Gasteiger partial charge in [-0.3, -0.25) is 4.90 Å². The van der Waals surface area contributed by atoms with Gasteiger partial charge < -0.3 is 0 Å². The molecule has 0 N–H and O–H groups in total. The van der Waals surface area contributed by atoms with E-state index >= 15 is 0 Å². The molecule has 0 aromatic heterocycles. The topological polar surface area (TPSA) is 3.24 Å². The van der Waals surface area contributed by atoms with E-state index in [9.17, 15) is 0 Å². The van der Waals surface area contributed by atoms with Crippen LogP contribution in [0.4, 0.5) is 0 Å². The van der Waals surface area contributed by atoms with Crippen molar-refractivity contribution in [1.82, 2.24) is 4.90 Å². The Labute approximate surface area is 128 Å². The predicted octanol–water partition coefficient (Wildman–Crippen LogP) is 4.41. The number of hydrogen-bond acceptors (Lipinski definition) is 1. The largest absolute Gasteiger partial charge is 0.298 e. The number of benzene rings is 2. The Bertz CT molecular complexity index is 588. The molecule has 0 radical (unpaired) electrons. The van der Waals surface area contributed by atoms with Crippen molar-refractivity contribution in [3.63, 3.8) is 0 Å². The highest BCUT2D eigenvalue weighted by Crippen LogP contribution is 2.25. The van der Waals surface area contributed by atoms with Crippen LogP contribution in [0.5, 0.6) is 0 Å². The molecule has 0 saturated carbocycles. The molecule has 1 atom stereocenters. The Morgan fingerprint density at radius 1 is 1.05 bits per heavy atom. The van der Waals surface area contributed by atoms with Gasteiger partial charge in [0, 0.05) is 19.6 Å². The van der Waals surface area contributed by atoms with Crippen molar-refractivity contribution >= 4 is 0 Å². The molecule has 0 spiro atoms. The standard InChI is InChI=1S/C20H25N/c1-3-17-10-7-11-19-15-21(13-12-20(17)19)14-16(2)18-8-5-4-6-9-18/h4-11,16H,3,12-15H2,1-2H3. The Balaban J connectivity index is 1.69. The molecule has 21 heavy (non-hydrogen) atoms. The Morgan fingerprint density at radius 2 is 1.86 bits per heavy atom. The molecule has 110 valence electrons. The fourth-order valence-corrected chi connectivity index (χ4v) is 3.51. The van der Waals surface area contributed by atoms with Crippen LogP contribution in [-0.2, 0) is 19.4 Å². The lowest BCUT2D eigenvalue weighted by Gasteiger charge is -2.32. The number of aryl methyl sites for hydroxylation is 1. The van der Waals surface area contributed by atoms with Crippen LogP contribution in [0.15, 0.2) is 48.5 Å². The molecule has 1 heteroatoms. The molecule has 3 rings (SSSR count). The maximum Gasteiger partial charge on any atom is 0.0236 e. The van der Waals surface area contributed by atoms with Crippen LogP contribution in [0.25, 0.3) is 0 Å². The van der Waals surface area contributed by atoms with Gasteiger partial charge in [0.05, 0.1) is 0 Å². The second kappa shape index (κ2) is 6.44. The van der Waals surface area contributed by atoms with E-state index in [-0.39, 0.29) is 0 Å². The minimum atomic E-state index is 0.599. The van der Waals surface area contributed by atoms with E-state index in [2.05, 4.69) is 67.3 Å². The van der Waals surface area contributed by atoms with Gasteiger partial charge in [-0.25, -0.2) is 0 Å². The molecule has 1 unspecified atom stereocenters. The van der Waals surface area contributed by atoms with Gasteiger partial charge in [0.2, 0.25) is 0 Å². The molecule has 1 aliphatic rings. The lowest BCUT2D eigenvalue weighted by molar-refractivity contribution is 0.241. The van der Waals surface area contributed by atoms with Crippen molar-refractivity contribution in [1.29, 1.82) is 0 Å². The minimum absolute atomic E-state index is 0.599. The second-order valence-corrected chi connectivity index (χ2v) is 6.21. The van der Waals surface area contributed by atoms with Crippen molar-refractivity contribution in [3.8, 4) is 0 Å². The van der Waals surface area contributed by atoms with Crippen molar-refractivity contribution in [2.75, 3.05) is 13.1 Å². The zero-order chi connectivity index (χ0) is 14.7. The number of nitrogens with zero attached hydrogens (tertiary/aromatic N) is 1. The summed E-state index contributed by atoms with van der Waals surface area (Å²) in [6, 6.07) is 17.7. The first kappa shape index (κ1) is 14.3. The van der Waals surface area contributed by atoms with E-state index in [1.165, 1.54) is 18.5 Å². The maximum absolute atomic E-state index is 2.61. The third-order valence-corrected chi connectivity index (χ3v) is 4.72. The molecule has 0 fully saturated rings. The summed E-state index contributed by atoms with van der Waals surface area (Å²) in [5.74, 6) is 0.599. The first-order chi connectivity index (χ1) is 10.3. The quantitative estimate of drug-likeness (QED) is 0.801. The highest BCUT2D eigenvalue weighted by Gasteiger charge is 2.19. The normalized spacial score (nSPS) is 16.5. The highest BCUT2D eigenvalue weighted by atomic mass is 15.1. The van der Waals surface area contributed by atoms with E-state index in [0.29, 0.717) is 5.92 Å². The van der Waals surface area contributed by atoms with Crippen LogP contribution < -0.4 is 0 Å². The van der Waals surface area contributed by atoms with Crippen molar-refractivity contribution < 1.29 is 0 Å². The van der Waals surface area contributed by atoms with Gasteiger partial charge in [0.1, 0.15) is 0 Å². The SMILES string of the molecule is CCc1cccc2c1CCN(CC(C)c1ccccc1)C2. The van der Waals surface area contributed by atoms with E-state index < -0.39 is 0 Å². The smallest absolute Gasteiger partial charge is 0.0236 e. The lowest BCUT2D eigenvalue weighted by atomic mass is 9.92. The summed E-state index contributed by atoms with van der Waals surface area (Å²) in [5.41, 5.74) is 6.15. The summed E-state index contributed by atoms with van der Waals surface area (Å²) in [6.07, 6.45) is 2.37. The van der Waals surface area contributed by atoms with Crippen LogP contribution in [0.1, 0.15) is 42.0 Å². The van der Waals surface area contributed by atoms with Gasteiger partial charge in [0.25, 0.3) is 0 Å². The van der Waals surface area contributed by atoms with E-state index in [0.717, 1.165) is 19.5 Å². The van der Waals surface area contributed by atoms with Gasteiger partial charge >= 0.3 is 0 Å². The zero-order valence-electron chi connectivity index (χ0n) is 13.2. The first-order valence-corrected chi connectivity index (χ1v) is 8.15. The molecule has 2 aromatic rings. The molecular weight excluding hydrogens is 254 g/mol. The summed E-state index contributed by atoms with van der Waals surface area (Å²) in [4.78, 5) is 2.61. The van der Waals surface area contributed by atoms with Crippen molar-refractivity contribution in [2.24, 2.45) is 0 Å². The summed E-state index contributed by atoms with van der Waals surface area (Å²) in [5, 5.41) is 0. The van der Waals surface area contributed by atoms with Crippen LogP contribution in [0, 0.1) is 0 Å². The van der Waals surface area contributed by atoms with Gasteiger partial charge in [-0.2, -0.15) is 0 Å². The molecule has 0 aliphatic carbocycles. The lowest BCUT2D eigenvalue weighted by Crippen LogP contribution is -2.33. The third kappa shape index (κ3) is 3.19. The molecule has 0 bridgehead atoms. The van der Waals surface area contributed by atoms with Crippen LogP contribution in [0.2, 0.25) is 0 Å². The van der Waals surface area contributed by atoms with Crippen molar-refractivity contribution in [3.05, 3.63) is 70.8 Å². The zero-order valence-corrected chi connectivity index (χ0v) is 13.2. The monoisotopic (exact) mass is 279 g/mol. The van der Waals surface area contributed by atoms with Gasteiger partial charge in [-0.05, 0) is 41.0 Å². The van der Waals surface area contributed by atoms with Crippen LogP contribution in [0.3, 0.4) is 0 Å². The average molecular weight is 279 g/mol. The molecule has 1 aliphatic heterocycles. The molecule has 0 amide bonds. The maximum atomic E-state index is 2.61. The molecule has 2 aromatic carbocycles.